The van der Waals surface area contributed by atoms with Gasteiger partial charge in [0.25, 0.3) is 0 Å². The van der Waals surface area contributed by atoms with Crippen LogP contribution in [-0.4, -0.2) is 21.9 Å². The van der Waals surface area contributed by atoms with E-state index in [0.717, 1.165) is 17.4 Å². The number of hydrogen-bond donors (Lipinski definition) is 1. The van der Waals surface area contributed by atoms with Gasteiger partial charge in [0.2, 0.25) is 0 Å². The van der Waals surface area contributed by atoms with E-state index < -0.39 is 0 Å². The molecule has 0 radical (unpaired) electrons. The van der Waals surface area contributed by atoms with Crippen LogP contribution in [-0.2, 0) is 13.6 Å². The van der Waals surface area contributed by atoms with Gasteiger partial charge in [-0.15, -0.1) is 10.2 Å². The largest absolute Gasteiger partial charge is 0.497 e. The molecule has 5 nitrogen and oxygen atoms in total. The smallest absolute Gasteiger partial charge is 0.146 e. The summed E-state index contributed by atoms with van der Waals surface area (Å²) < 4.78 is 7.23. The molecule has 0 amide bonds. The Balaban J connectivity index is 2.01. The highest BCUT2D eigenvalue weighted by atomic mass is 16.5. The number of nitrogens with one attached hydrogen (secondary N) is 1. The van der Waals surface area contributed by atoms with Crippen molar-refractivity contribution in [3.8, 4) is 5.75 Å². The summed E-state index contributed by atoms with van der Waals surface area (Å²) in [6, 6.07) is 8.30. The van der Waals surface area contributed by atoms with Gasteiger partial charge in [0, 0.05) is 13.1 Å². The van der Waals surface area contributed by atoms with E-state index in [2.05, 4.69) is 28.5 Å². The first-order valence-corrected chi connectivity index (χ1v) is 6.34. The second-order valence-corrected chi connectivity index (χ2v) is 4.60. The Morgan fingerprint density at radius 2 is 2.16 bits per heavy atom. The lowest BCUT2D eigenvalue weighted by Gasteiger charge is -2.14. The van der Waals surface area contributed by atoms with Gasteiger partial charge in [-0.05, 0) is 31.5 Å². The second kappa shape index (κ2) is 5.84. The molecular formula is C14H20N4O. The monoisotopic (exact) mass is 260 g/mol. The summed E-state index contributed by atoms with van der Waals surface area (Å²) in [6.07, 6.45) is 0. The van der Waals surface area contributed by atoms with Crippen LogP contribution in [0.25, 0.3) is 0 Å². The molecule has 1 N–H and O–H groups in total. The first-order chi connectivity index (χ1) is 9.11. The van der Waals surface area contributed by atoms with Crippen LogP contribution in [0.15, 0.2) is 24.3 Å². The fraction of sp³-hybridized carbons (Fsp3) is 0.429. The maximum Gasteiger partial charge on any atom is 0.146 e. The van der Waals surface area contributed by atoms with Crippen molar-refractivity contribution < 1.29 is 4.74 Å². The zero-order valence-electron chi connectivity index (χ0n) is 11.8. The van der Waals surface area contributed by atoms with Gasteiger partial charge >= 0.3 is 0 Å². The zero-order chi connectivity index (χ0) is 13.8. The van der Waals surface area contributed by atoms with E-state index in [9.17, 15) is 0 Å². The lowest BCUT2D eigenvalue weighted by molar-refractivity contribution is 0.413. The molecule has 0 aliphatic carbocycles. The predicted molar refractivity (Wildman–Crippen MR) is 74.0 cm³/mol. The average Bonchev–Trinajstić information content (AvgIpc) is 2.76. The molecule has 2 aromatic rings. The van der Waals surface area contributed by atoms with Crippen molar-refractivity contribution in [2.75, 3.05) is 7.11 Å². The molecule has 1 aromatic heterocycles. The van der Waals surface area contributed by atoms with Gasteiger partial charge in [0.05, 0.1) is 13.7 Å². The minimum absolute atomic E-state index is 0.229. The normalized spacial score (nSPS) is 12.4. The van der Waals surface area contributed by atoms with E-state index in [-0.39, 0.29) is 6.04 Å². The highest BCUT2D eigenvalue weighted by Gasteiger charge is 2.09. The van der Waals surface area contributed by atoms with Gasteiger partial charge in [0.15, 0.2) is 0 Å². The molecule has 0 bridgehead atoms. The number of aromatic nitrogens is 3. The molecule has 1 aromatic carbocycles. The van der Waals surface area contributed by atoms with Crippen LogP contribution in [0.5, 0.6) is 5.75 Å². The number of aryl methyl sites for hydroxylation is 1. The SMILES string of the molecule is COc1cccc([C@@H](C)NCc2nnc(C)n2C)c1. The number of ether oxygens (including phenoxy) is 1. The number of methoxy groups -OCH3 is 1. The fourth-order valence-electron chi connectivity index (χ4n) is 1.88. The highest BCUT2D eigenvalue weighted by molar-refractivity contribution is 5.30. The Morgan fingerprint density at radius 3 is 2.79 bits per heavy atom. The van der Waals surface area contributed by atoms with Crippen molar-refractivity contribution in [2.24, 2.45) is 7.05 Å². The van der Waals surface area contributed by atoms with E-state index in [0.29, 0.717) is 6.54 Å². The second-order valence-electron chi connectivity index (χ2n) is 4.60. The first kappa shape index (κ1) is 13.5. The van der Waals surface area contributed by atoms with Gasteiger partial charge < -0.3 is 14.6 Å². The number of benzene rings is 1. The van der Waals surface area contributed by atoms with Crippen molar-refractivity contribution in [1.82, 2.24) is 20.1 Å². The van der Waals surface area contributed by atoms with Crippen LogP contribution in [0, 0.1) is 6.92 Å². The molecule has 19 heavy (non-hydrogen) atoms. The molecule has 0 spiro atoms. The third kappa shape index (κ3) is 3.12. The molecular weight excluding hydrogens is 240 g/mol. The van der Waals surface area contributed by atoms with Crippen LogP contribution >= 0.6 is 0 Å². The third-order valence-corrected chi connectivity index (χ3v) is 3.34. The van der Waals surface area contributed by atoms with Crippen LogP contribution in [0.1, 0.15) is 30.2 Å². The molecule has 1 heterocycles. The molecule has 0 aliphatic heterocycles. The average molecular weight is 260 g/mol. The fourth-order valence-corrected chi connectivity index (χ4v) is 1.88. The molecule has 1 atom stereocenters. The van der Waals surface area contributed by atoms with Gasteiger partial charge in [-0.2, -0.15) is 0 Å². The first-order valence-electron chi connectivity index (χ1n) is 6.34. The van der Waals surface area contributed by atoms with Gasteiger partial charge in [0.1, 0.15) is 17.4 Å². The lowest BCUT2D eigenvalue weighted by atomic mass is 10.1. The van der Waals surface area contributed by atoms with Crippen LogP contribution in [0.3, 0.4) is 0 Å². The summed E-state index contributed by atoms with van der Waals surface area (Å²) in [6.45, 7) is 4.76. The summed E-state index contributed by atoms with van der Waals surface area (Å²) in [5, 5.41) is 11.6. The number of rotatable bonds is 5. The van der Waals surface area contributed by atoms with Crippen molar-refractivity contribution in [1.29, 1.82) is 0 Å². The van der Waals surface area contributed by atoms with Gasteiger partial charge in [-0.25, -0.2) is 0 Å². The maximum atomic E-state index is 5.24. The maximum absolute atomic E-state index is 5.24. The van der Waals surface area contributed by atoms with Crippen molar-refractivity contribution >= 4 is 0 Å². The van der Waals surface area contributed by atoms with E-state index in [1.165, 1.54) is 5.56 Å². The van der Waals surface area contributed by atoms with Crippen molar-refractivity contribution in [2.45, 2.75) is 26.4 Å². The third-order valence-electron chi connectivity index (χ3n) is 3.34. The van der Waals surface area contributed by atoms with Gasteiger partial charge in [-0.3, -0.25) is 0 Å². The lowest BCUT2D eigenvalue weighted by Crippen LogP contribution is -2.20. The summed E-state index contributed by atoms with van der Waals surface area (Å²) in [7, 11) is 3.65. The van der Waals surface area contributed by atoms with E-state index >= 15 is 0 Å². The standard InChI is InChI=1S/C14H20N4O/c1-10(12-6-5-7-13(8-12)19-4)15-9-14-17-16-11(2)18(14)3/h5-8,10,15H,9H2,1-4H3/t10-/m1/s1. The number of nitrogens with zero attached hydrogens (tertiary/aromatic N) is 3. The van der Waals surface area contributed by atoms with Crippen molar-refractivity contribution in [3.05, 3.63) is 41.5 Å². The van der Waals surface area contributed by atoms with Gasteiger partial charge in [-0.1, -0.05) is 12.1 Å². The topological polar surface area (TPSA) is 52.0 Å². The highest BCUT2D eigenvalue weighted by Crippen LogP contribution is 2.18. The van der Waals surface area contributed by atoms with Crippen LogP contribution in [0.4, 0.5) is 0 Å². The Labute approximate surface area is 113 Å². The molecule has 0 fully saturated rings. The summed E-state index contributed by atoms with van der Waals surface area (Å²) in [5.74, 6) is 2.73. The van der Waals surface area contributed by atoms with Crippen LogP contribution in [0.2, 0.25) is 0 Å². The summed E-state index contributed by atoms with van der Waals surface area (Å²) in [4.78, 5) is 0. The quantitative estimate of drug-likeness (QED) is 0.893. The Bertz CT molecular complexity index is 550. The minimum Gasteiger partial charge on any atom is -0.497 e. The Hall–Kier alpha value is -1.88. The molecule has 0 saturated carbocycles. The van der Waals surface area contributed by atoms with E-state index in [1.54, 1.807) is 7.11 Å². The Kier molecular flexibility index (Phi) is 4.16. The molecule has 102 valence electrons. The molecule has 2 rings (SSSR count). The Morgan fingerprint density at radius 1 is 1.37 bits per heavy atom. The molecule has 0 unspecified atom stereocenters. The predicted octanol–water partition coefficient (Wildman–Crippen LogP) is 1.98. The zero-order valence-corrected chi connectivity index (χ0v) is 11.8. The molecule has 5 heteroatoms. The summed E-state index contributed by atoms with van der Waals surface area (Å²) in [5.41, 5.74) is 1.19. The van der Waals surface area contributed by atoms with E-state index in [1.807, 2.05) is 36.7 Å². The summed E-state index contributed by atoms with van der Waals surface area (Å²) >= 11 is 0. The van der Waals surface area contributed by atoms with Crippen molar-refractivity contribution in [3.63, 3.8) is 0 Å². The van der Waals surface area contributed by atoms with E-state index in [4.69, 9.17) is 4.74 Å². The molecule has 0 saturated heterocycles. The van der Waals surface area contributed by atoms with Crippen LogP contribution < -0.4 is 10.1 Å². The molecule has 0 aliphatic rings. The minimum atomic E-state index is 0.229. The number of hydrogen-bond acceptors (Lipinski definition) is 4.